The summed E-state index contributed by atoms with van der Waals surface area (Å²) in [5.41, 5.74) is 8.83. The van der Waals surface area contributed by atoms with E-state index >= 15 is 0 Å². The first-order chi connectivity index (χ1) is 10.3. The van der Waals surface area contributed by atoms with Gasteiger partial charge >= 0.3 is 5.97 Å². The Kier molecular flexibility index (Phi) is 6.41. The fraction of sp³-hybridized carbons (Fsp3) is 0.467. The molecule has 1 rings (SSSR count). The molecule has 1 atom stereocenters. The van der Waals surface area contributed by atoms with Crippen molar-refractivity contribution in [3.8, 4) is 0 Å². The molecular weight excluding hydrogens is 284 g/mol. The van der Waals surface area contributed by atoms with Crippen molar-refractivity contribution in [3.63, 3.8) is 0 Å². The van der Waals surface area contributed by atoms with Crippen molar-refractivity contribution in [3.05, 3.63) is 46.3 Å². The highest BCUT2D eigenvalue weighted by Crippen LogP contribution is 2.08. The number of nitrogens with one attached hydrogen (secondary N) is 1. The summed E-state index contributed by atoms with van der Waals surface area (Å²) >= 11 is 0. The van der Waals surface area contributed by atoms with Gasteiger partial charge in [-0.1, -0.05) is 35.4 Å². The maximum atomic E-state index is 12.0. The van der Waals surface area contributed by atoms with Crippen LogP contribution in [0.4, 0.5) is 0 Å². The largest absolute Gasteiger partial charge is 0.459 e. The molecule has 0 aliphatic rings. The number of nitrogens with zero attached hydrogens (tertiary/aromatic N) is 3. The number of amides is 1. The van der Waals surface area contributed by atoms with Crippen LogP contribution in [0.3, 0.4) is 0 Å². The summed E-state index contributed by atoms with van der Waals surface area (Å²) in [6.07, 6.45) is 0.269. The van der Waals surface area contributed by atoms with E-state index in [9.17, 15) is 9.59 Å². The van der Waals surface area contributed by atoms with Crippen LogP contribution in [0, 0.1) is 0 Å². The molecule has 0 spiro atoms. The average Bonchev–Trinajstić information content (AvgIpc) is 2.43. The lowest BCUT2D eigenvalue weighted by Gasteiger charge is -2.20. The number of hydrogen-bond donors (Lipinski definition) is 1. The highest BCUT2D eigenvalue weighted by molar-refractivity contribution is 5.86. The molecule has 1 aromatic rings. The van der Waals surface area contributed by atoms with E-state index in [1.54, 1.807) is 20.8 Å². The number of ether oxygens (including phenoxy) is 1. The highest BCUT2D eigenvalue weighted by atomic mass is 16.6. The van der Waals surface area contributed by atoms with Gasteiger partial charge in [0, 0.05) is 4.91 Å². The zero-order chi connectivity index (χ0) is 16.6. The third-order valence-corrected chi connectivity index (χ3v) is 2.59. The number of hydrogen-bond acceptors (Lipinski definition) is 4. The van der Waals surface area contributed by atoms with Crippen LogP contribution in [0.2, 0.25) is 0 Å². The maximum Gasteiger partial charge on any atom is 0.325 e. The van der Waals surface area contributed by atoms with Gasteiger partial charge in [-0.3, -0.25) is 9.59 Å². The standard InChI is InChI=1S/C15H20N4O3/c1-15(2,3)22-13(20)10-17-14(21)12(18-19-16)9-11-7-5-4-6-8-11/h4-8,12H,9-10H2,1-3H3,(H,17,21)/t12-/m1/s1. The third kappa shape index (κ3) is 6.76. The van der Waals surface area contributed by atoms with Crippen molar-refractivity contribution in [2.75, 3.05) is 6.54 Å². The van der Waals surface area contributed by atoms with Crippen LogP contribution >= 0.6 is 0 Å². The fourth-order valence-electron chi connectivity index (χ4n) is 1.74. The molecule has 0 aliphatic carbocycles. The molecule has 0 saturated heterocycles. The molecule has 0 heterocycles. The van der Waals surface area contributed by atoms with Crippen molar-refractivity contribution in [1.29, 1.82) is 0 Å². The van der Waals surface area contributed by atoms with E-state index in [1.807, 2.05) is 30.3 Å². The van der Waals surface area contributed by atoms with Crippen molar-refractivity contribution in [1.82, 2.24) is 5.32 Å². The molecule has 0 unspecified atom stereocenters. The number of azide groups is 1. The topological polar surface area (TPSA) is 104 Å². The molecule has 7 heteroatoms. The quantitative estimate of drug-likeness (QED) is 0.377. The van der Waals surface area contributed by atoms with Gasteiger partial charge in [-0.15, -0.1) is 0 Å². The first-order valence-corrected chi connectivity index (χ1v) is 6.89. The Morgan fingerprint density at radius 3 is 2.50 bits per heavy atom. The Labute approximate surface area is 129 Å². The molecule has 0 fully saturated rings. The van der Waals surface area contributed by atoms with Crippen LogP contribution in [0.1, 0.15) is 26.3 Å². The second kappa shape index (κ2) is 8.05. The van der Waals surface area contributed by atoms with Crippen molar-refractivity contribution in [2.45, 2.75) is 38.8 Å². The van der Waals surface area contributed by atoms with Gasteiger partial charge in [0.2, 0.25) is 5.91 Å². The van der Waals surface area contributed by atoms with Gasteiger partial charge in [-0.25, -0.2) is 0 Å². The van der Waals surface area contributed by atoms with E-state index in [1.165, 1.54) is 0 Å². The third-order valence-electron chi connectivity index (χ3n) is 2.59. The lowest BCUT2D eigenvalue weighted by molar-refractivity contribution is -0.154. The Bertz CT molecular complexity index is 560. The molecule has 118 valence electrons. The first-order valence-electron chi connectivity index (χ1n) is 6.89. The molecule has 0 aliphatic heterocycles. The normalized spacial score (nSPS) is 12.0. The minimum atomic E-state index is -0.908. The van der Waals surface area contributed by atoms with Crippen molar-refractivity contribution < 1.29 is 14.3 Å². The first kappa shape index (κ1) is 17.5. The van der Waals surface area contributed by atoms with Gasteiger partial charge in [0.05, 0.1) is 0 Å². The number of carbonyl (C=O) groups excluding carboxylic acids is 2. The van der Waals surface area contributed by atoms with Crippen LogP contribution in [-0.4, -0.2) is 30.1 Å². The summed E-state index contributed by atoms with van der Waals surface area (Å²) in [5, 5.41) is 5.92. The van der Waals surface area contributed by atoms with E-state index < -0.39 is 23.5 Å². The predicted molar refractivity (Wildman–Crippen MR) is 81.9 cm³/mol. The number of esters is 1. The van der Waals surface area contributed by atoms with Gasteiger partial charge in [-0.05, 0) is 38.3 Å². The average molecular weight is 304 g/mol. The van der Waals surface area contributed by atoms with E-state index in [0.29, 0.717) is 0 Å². The summed E-state index contributed by atoms with van der Waals surface area (Å²) in [6, 6.07) is 8.29. The lowest BCUT2D eigenvalue weighted by atomic mass is 10.1. The maximum absolute atomic E-state index is 12.0. The molecule has 0 saturated carbocycles. The van der Waals surface area contributed by atoms with Crippen LogP contribution in [0.5, 0.6) is 0 Å². The summed E-state index contributed by atoms with van der Waals surface area (Å²) in [4.78, 5) is 26.3. The van der Waals surface area contributed by atoms with E-state index in [-0.39, 0.29) is 13.0 Å². The van der Waals surface area contributed by atoms with Crippen LogP contribution in [0.15, 0.2) is 35.4 Å². The molecule has 1 amide bonds. The van der Waals surface area contributed by atoms with E-state index in [2.05, 4.69) is 15.3 Å². The number of benzene rings is 1. The van der Waals surface area contributed by atoms with Crippen LogP contribution in [-0.2, 0) is 20.7 Å². The molecule has 0 radical (unpaired) electrons. The van der Waals surface area contributed by atoms with Gasteiger partial charge in [0.25, 0.3) is 0 Å². The summed E-state index contributed by atoms with van der Waals surface area (Å²) in [6.45, 7) is 4.96. The zero-order valence-electron chi connectivity index (χ0n) is 12.9. The van der Waals surface area contributed by atoms with Crippen molar-refractivity contribution >= 4 is 11.9 Å². The second-order valence-corrected chi connectivity index (χ2v) is 5.71. The van der Waals surface area contributed by atoms with Crippen LogP contribution in [0.25, 0.3) is 10.4 Å². The summed E-state index contributed by atoms with van der Waals surface area (Å²) in [7, 11) is 0. The Morgan fingerprint density at radius 1 is 1.32 bits per heavy atom. The lowest BCUT2D eigenvalue weighted by Crippen LogP contribution is -2.39. The second-order valence-electron chi connectivity index (χ2n) is 5.71. The van der Waals surface area contributed by atoms with Gasteiger partial charge in [0.15, 0.2) is 0 Å². The highest BCUT2D eigenvalue weighted by Gasteiger charge is 2.20. The molecular formula is C15H20N4O3. The molecule has 7 nitrogen and oxygen atoms in total. The molecule has 0 aromatic heterocycles. The van der Waals surface area contributed by atoms with Gasteiger partial charge < -0.3 is 10.1 Å². The Morgan fingerprint density at radius 2 is 1.95 bits per heavy atom. The minimum absolute atomic E-state index is 0.262. The van der Waals surface area contributed by atoms with Crippen molar-refractivity contribution in [2.24, 2.45) is 5.11 Å². The van der Waals surface area contributed by atoms with Crippen LogP contribution < -0.4 is 5.32 Å². The van der Waals surface area contributed by atoms with E-state index in [0.717, 1.165) is 5.56 Å². The SMILES string of the molecule is CC(C)(C)OC(=O)CNC(=O)[C@@H](Cc1ccccc1)N=[N+]=[N-]. The van der Waals surface area contributed by atoms with Gasteiger partial charge in [0.1, 0.15) is 18.2 Å². The Hall–Kier alpha value is -2.53. The molecule has 1 aromatic carbocycles. The fourth-order valence-corrected chi connectivity index (χ4v) is 1.74. The number of carbonyl (C=O) groups is 2. The smallest absolute Gasteiger partial charge is 0.325 e. The predicted octanol–water partition coefficient (Wildman–Crippen LogP) is 2.37. The molecule has 0 bridgehead atoms. The monoisotopic (exact) mass is 304 g/mol. The number of rotatable bonds is 6. The zero-order valence-corrected chi connectivity index (χ0v) is 12.9. The van der Waals surface area contributed by atoms with E-state index in [4.69, 9.17) is 10.3 Å². The Balaban J connectivity index is 2.59. The molecule has 22 heavy (non-hydrogen) atoms. The minimum Gasteiger partial charge on any atom is -0.459 e. The van der Waals surface area contributed by atoms with Gasteiger partial charge in [-0.2, -0.15) is 0 Å². The summed E-state index contributed by atoms with van der Waals surface area (Å²) in [5.74, 6) is -1.05. The molecule has 1 N–H and O–H groups in total. The summed E-state index contributed by atoms with van der Waals surface area (Å²) < 4.78 is 5.09.